The summed E-state index contributed by atoms with van der Waals surface area (Å²) >= 11 is 0. The van der Waals surface area contributed by atoms with Gasteiger partial charge in [-0.25, -0.2) is 0 Å². The van der Waals surface area contributed by atoms with E-state index in [1.165, 1.54) is 16.0 Å². The van der Waals surface area contributed by atoms with Crippen LogP contribution in [0.2, 0.25) is 0 Å². The fourth-order valence-electron chi connectivity index (χ4n) is 1.74. The second-order valence-corrected chi connectivity index (χ2v) is 5.15. The largest absolute Gasteiger partial charge is 0.419 e. The molecule has 78 valence electrons. The van der Waals surface area contributed by atoms with Crippen molar-refractivity contribution in [1.82, 2.24) is 0 Å². The Bertz CT molecular complexity index is 434. The lowest BCUT2D eigenvalue weighted by Gasteiger charge is -2.06. The highest BCUT2D eigenvalue weighted by molar-refractivity contribution is 6.51. The molecule has 0 N–H and O–H groups in total. The van der Waals surface area contributed by atoms with Crippen LogP contribution in [-0.2, 0) is 4.43 Å². The number of benzene rings is 2. The average Bonchev–Trinajstić information content (AvgIpc) is 2.30. The van der Waals surface area contributed by atoms with Crippen molar-refractivity contribution in [3.8, 4) is 0 Å². The molecule has 15 heavy (non-hydrogen) atoms. The van der Waals surface area contributed by atoms with Crippen molar-refractivity contribution in [2.75, 3.05) is 6.61 Å². The van der Waals surface area contributed by atoms with Crippen molar-refractivity contribution in [2.45, 2.75) is 13.3 Å². The molecule has 0 aliphatic rings. The Balaban J connectivity index is 2.26. The van der Waals surface area contributed by atoms with Crippen molar-refractivity contribution in [1.29, 1.82) is 0 Å². The van der Waals surface area contributed by atoms with Gasteiger partial charge in [0.15, 0.2) is 9.76 Å². The predicted molar refractivity (Wildman–Crippen MR) is 68.4 cm³/mol. The minimum absolute atomic E-state index is 0.544. The van der Waals surface area contributed by atoms with Gasteiger partial charge in [-0.15, -0.1) is 0 Å². The van der Waals surface area contributed by atoms with Crippen molar-refractivity contribution >= 4 is 25.7 Å². The zero-order chi connectivity index (χ0) is 10.5. The van der Waals surface area contributed by atoms with E-state index < -0.39 is 9.76 Å². The first kappa shape index (κ1) is 10.4. The zero-order valence-corrected chi connectivity index (χ0v) is 10.5. The molecule has 0 radical (unpaired) electrons. The van der Waals surface area contributed by atoms with Crippen molar-refractivity contribution < 1.29 is 4.43 Å². The summed E-state index contributed by atoms with van der Waals surface area (Å²) in [6.45, 7) is 3.05. The lowest BCUT2D eigenvalue weighted by molar-refractivity contribution is 0.341. The molecule has 2 rings (SSSR count). The highest BCUT2D eigenvalue weighted by Gasteiger charge is 2.00. The van der Waals surface area contributed by atoms with Gasteiger partial charge in [0.25, 0.3) is 0 Å². The third kappa shape index (κ3) is 2.46. The molecule has 2 aromatic carbocycles. The summed E-state index contributed by atoms with van der Waals surface area (Å²) in [5, 5.41) is 4.10. The average molecular weight is 216 g/mol. The second-order valence-electron chi connectivity index (χ2n) is 3.69. The molecule has 0 fully saturated rings. The lowest BCUT2D eigenvalue weighted by atomic mass is 10.1. The fraction of sp³-hybridized carbons (Fsp3) is 0.231. The predicted octanol–water partition coefficient (Wildman–Crippen LogP) is 1.98. The van der Waals surface area contributed by atoms with E-state index in [1.807, 2.05) is 0 Å². The van der Waals surface area contributed by atoms with Crippen LogP contribution in [-0.4, -0.2) is 16.4 Å². The topological polar surface area (TPSA) is 9.23 Å². The van der Waals surface area contributed by atoms with Gasteiger partial charge >= 0.3 is 0 Å². The molecule has 0 aliphatic heterocycles. The maximum absolute atomic E-state index is 5.72. The Morgan fingerprint density at radius 3 is 2.73 bits per heavy atom. The van der Waals surface area contributed by atoms with E-state index in [1.54, 1.807) is 0 Å². The van der Waals surface area contributed by atoms with Crippen LogP contribution in [0.5, 0.6) is 0 Å². The van der Waals surface area contributed by atoms with E-state index in [2.05, 4.69) is 49.4 Å². The second kappa shape index (κ2) is 5.10. The van der Waals surface area contributed by atoms with Crippen LogP contribution in [0, 0.1) is 0 Å². The maximum Gasteiger partial charge on any atom is 0.192 e. The van der Waals surface area contributed by atoms with E-state index in [0.717, 1.165) is 13.0 Å². The van der Waals surface area contributed by atoms with Gasteiger partial charge in [-0.05, 0) is 22.4 Å². The number of hydrogen-bond acceptors (Lipinski definition) is 1. The van der Waals surface area contributed by atoms with Gasteiger partial charge in [-0.3, -0.25) is 0 Å². The van der Waals surface area contributed by atoms with E-state index >= 15 is 0 Å². The smallest absolute Gasteiger partial charge is 0.192 e. The first-order valence-corrected chi connectivity index (χ1v) is 6.74. The Labute approximate surface area is 93.0 Å². The quantitative estimate of drug-likeness (QED) is 0.561. The maximum atomic E-state index is 5.72. The van der Waals surface area contributed by atoms with Crippen molar-refractivity contribution in [3.63, 3.8) is 0 Å². The monoisotopic (exact) mass is 216 g/mol. The summed E-state index contributed by atoms with van der Waals surface area (Å²) in [4.78, 5) is 0. The van der Waals surface area contributed by atoms with Gasteiger partial charge < -0.3 is 4.43 Å². The van der Waals surface area contributed by atoms with Crippen LogP contribution < -0.4 is 5.19 Å². The third-order valence-electron chi connectivity index (χ3n) is 2.49. The molecule has 0 spiro atoms. The van der Waals surface area contributed by atoms with E-state index in [0.29, 0.717) is 0 Å². The molecule has 0 amide bonds. The van der Waals surface area contributed by atoms with Crippen LogP contribution in [0.15, 0.2) is 42.5 Å². The molecule has 0 heterocycles. The first-order chi connectivity index (χ1) is 7.42. The molecule has 1 nitrogen and oxygen atoms in total. The van der Waals surface area contributed by atoms with Crippen LogP contribution >= 0.6 is 0 Å². The van der Waals surface area contributed by atoms with Gasteiger partial charge in [-0.2, -0.15) is 0 Å². The number of fused-ring (bicyclic) bond motifs is 1. The zero-order valence-electron chi connectivity index (χ0n) is 9.07. The molecule has 0 saturated carbocycles. The van der Waals surface area contributed by atoms with E-state index in [9.17, 15) is 0 Å². The summed E-state index contributed by atoms with van der Waals surface area (Å²) in [5.41, 5.74) is 0. The molecule has 0 bridgehead atoms. The van der Waals surface area contributed by atoms with Crippen LogP contribution in [0.1, 0.15) is 13.3 Å². The Morgan fingerprint density at radius 2 is 1.87 bits per heavy atom. The summed E-state index contributed by atoms with van der Waals surface area (Å²) in [5.74, 6) is 0. The molecule has 2 aromatic rings. The summed E-state index contributed by atoms with van der Waals surface area (Å²) < 4.78 is 5.72. The Kier molecular flexibility index (Phi) is 3.53. The van der Waals surface area contributed by atoms with Crippen molar-refractivity contribution in [2.24, 2.45) is 0 Å². The minimum atomic E-state index is -0.544. The molecule has 2 heteroatoms. The van der Waals surface area contributed by atoms with Crippen molar-refractivity contribution in [3.05, 3.63) is 42.5 Å². The normalized spacial score (nSPS) is 11.5. The first-order valence-electron chi connectivity index (χ1n) is 5.46. The van der Waals surface area contributed by atoms with Gasteiger partial charge in [0.1, 0.15) is 0 Å². The Hall–Kier alpha value is -1.12. The molecule has 0 saturated heterocycles. The van der Waals surface area contributed by atoms with Crippen LogP contribution in [0.25, 0.3) is 10.8 Å². The minimum Gasteiger partial charge on any atom is -0.419 e. The molecular weight excluding hydrogens is 200 g/mol. The summed E-state index contributed by atoms with van der Waals surface area (Å²) in [7, 11) is -0.544. The molecule has 0 aliphatic carbocycles. The van der Waals surface area contributed by atoms with Crippen LogP contribution in [0.3, 0.4) is 0 Å². The van der Waals surface area contributed by atoms with Gasteiger partial charge in [-0.1, -0.05) is 49.4 Å². The standard InChI is InChI=1S/C13H16OSi/c1-2-10-14-15-13-9-5-7-11-6-3-4-8-12(11)13/h3-9H,2,10,15H2,1H3. The molecule has 0 aromatic heterocycles. The Morgan fingerprint density at radius 1 is 1.07 bits per heavy atom. The van der Waals surface area contributed by atoms with Gasteiger partial charge in [0.2, 0.25) is 0 Å². The third-order valence-corrected chi connectivity index (χ3v) is 3.91. The van der Waals surface area contributed by atoms with E-state index in [4.69, 9.17) is 4.43 Å². The van der Waals surface area contributed by atoms with Crippen LogP contribution in [0.4, 0.5) is 0 Å². The number of hydrogen-bond donors (Lipinski definition) is 0. The number of rotatable bonds is 4. The highest BCUT2D eigenvalue weighted by atomic mass is 28.2. The summed E-state index contributed by atoms with van der Waals surface area (Å²) in [6, 6.07) is 15.0. The summed E-state index contributed by atoms with van der Waals surface area (Å²) in [6.07, 6.45) is 1.11. The molecule has 0 atom stereocenters. The SMILES string of the molecule is CCCO[SiH2]c1cccc2ccccc12. The molecular formula is C13H16OSi. The van der Waals surface area contributed by atoms with Gasteiger partial charge in [0, 0.05) is 6.61 Å². The highest BCUT2D eigenvalue weighted by Crippen LogP contribution is 2.10. The lowest BCUT2D eigenvalue weighted by Crippen LogP contribution is -2.18. The molecule has 0 unspecified atom stereocenters. The van der Waals surface area contributed by atoms with Gasteiger partial charge in [0.05, 0.1) is 0 Å². The van der Waals surface area contributed by atoms with E-state index in [-0.39, 0.29) is 0 Å². The fourth-order valence-corrected chi connectivity index (χ4v) is 3.11.